The van der Waals surface area contributed by atoms with Gasteiger partial charge in [-0.3, -0.25) is 9.80 Å². The smallest absolute Gasteiger partial charge is 0.146 e. The summed E-state index contributed by atoms with van der Waals surface area (Å²) in [6.07, 6.45) is 0. The van der Waals surface area contributed by atoms with E-state index < -0.39 is 0 Å². The van der Waals surface area contributed by atoms with E-state index in [9.17, 15) is 0 Å². The summed E-state index contributed by atoms with van der Waals surface area (Å²) in [5.41, 5.74) is 2.41. The van der Waals surface area contributed by atoms with E-state index in [1.807, 2.05) is 0 Å². The van der Waals surface area contributed by atoms with Gasteiger partial charge in [-0.2, -0.15) is 0 Å². The Balaban J connectivity index is 1.46. The standard InChI is InChI=1S/C26H35N5O2S/c1-19(2)22(31-10-14-33-15-11-31)16-27-25-24-21(20-6-4-3-5-7-20)18-34-26(24)29-23(28-25)17-30-8-12-32-13-9-30/h3-7,18-19,22H,8-17H2,1-2H3,(H,27,28,29)/t22-/m1/s1. The summed E-state index contributed by atoms with van der Waals surface area (Å²) in [6.45, 7) is 13.2. The highest BCUT2D eigenvalue weighted by atomic mass is 32.1. The number of fused-ring (bicyclic) bond motifs is 1. The van der Waals surface area contributed by atoms with Gasteiger partial charge in [-0.05, 0) is 11.5 Å². The number of nitrogens with zero attached hydrogens (tertiary/aromatic N) is 4. The van der Waals surface area contributed by atoms with E-state index in [4.69, 9.17) is 19.4 Å². The van der Waals surface area contributed by atoms with Crippen molar-refractivity contribution < 1.29 is 9.47 Å². The Morgan fingerprint density at radius 2 is 1.68 bits per heavy atom. The summed E-state index contributed by atoms with van der Waals surface area (Å²) in [5, 5.41) is 7.12. The van der Waals surface area contributed by atoms with Crippen LogP contribution in [0.1, 0.15) is 19.7 Å². The number of anilines is 1. The third-order valence-corrected chi connectivity index (χ3v) is 7.67. The zero-order valence-corrected chi connectivity index (χ0v) is 21.0. The van der Waals surface area contributed by atoms with Gasteiger partial charge >= 0.3 is 0 Å². The minimum Gasteiger partial charge on any atom is -0.379 e. The Labute approximate surface area is 206 Å². The molecule has 0 radical (unpaired) electrons. The molecule has 34 heavy (non-hydrogen) atoms. The largest absolute Gasteiger partial charge is 0.379 e. The summed E-state index contributed by atoms with van der Waals surface area (Å²) in [5.74, 6) is 2.37. The number of aromatic nitrogens is 2. The van der Waals surface area contributed by atoms with Gasteiger partial charge in [0.25, 0.3) is 0 Å². The molecule has 0 aliphatic carbocycles. The minimum absolute atomic E-state index is 0.426. The lowest BCUT2D eigenvalue weighted by Gasteiger charge is -2.37. The van der Waals surface area contributed by atoms with Crippen LogP contribution in [0.25, 0.3) is 21.3 Å². The first-order chi connectivity index (χ1) is 16.7. The quantitative estimate of drug-likeness (QED) is 0.523. The number of morpholine rings is 2. The summed E-state index contributed by atoms with van der Waals surface area (Å²) >= 11 is 1.71. The summed E-state index contributed by atoms with van der Waals surface area (Å²) in [6, 6.07) is 11.0. The molecule has 8 heteroatoms. The van der Waals surface area contributed by atoms with Crippen molar-refractivity contribution in [3.8, 4) is 11.1 Å². The molecule has 4 heterocycles. The molecular formula is C26H35N5O2S. The zero-order valence-electron chi connectivity index (χ0n) is 20.2. The van der Waals surface area contributed by atoms with Crippen molar-refractivity contribution in [1.29, 1.82) is 0 Å². The molecule has 0 bridgehead atoms. The first kappa shape index (κ1) is 23.6. The van der Waals surface area contributed by atoms with Gasteiger partial charge in [0.05, 0.1) is 38.4 Å². The van der Waals surface area contributed by atoms with Crippen LogP contribution in [0.5, 0.6) is 0 Å². The number of rotatable bonds is 8. The highest BCUT2D eigenvalue weighted by molar-refractivity contribution is 7.17. The van der Waals surface area contributed by atoms with Crippen LogP contribution in [0.3, 0.4) is 0 Å². The molecule has 0 unspecified atom stereocenters. The van der Waals surface area contributed by atoms with Crippen LogP contribution in [-0.2, 0) is 16.0 Å². The average molecular weight is 482 g/mol. The third-order valence-electron chi connectivity index (χ3n) is 6.80. The first-order valence-electron chi connectivity index (χ1n) is 12.4. The van der Waals surface area contributed by atoms with Gasteiger partial charge in [0.2, 0.25) is 0 Å². The maximum atomic E-state index is 5.60. The molecule has 1 aromatic carbocycles. The van der Waals surface area contributed by atoms with Crippen molar-refractivity contribution in [2.24, 2.45) is 5.92 Å². The Morgan fingerprint density at radius 1 is 0.971 bits per heavy atom. The first-order valence-corrected chi connectivity index (χ1v) is 13.3. The average Bonchev–Trinajstić information content (AvgIpc) is 3.30. The SMILES string of the molecule is CC(C)[C@@H](CNc1nc(CN2CCOCC2)nc2scc(-c3ccccc3)c12)N1CCOCC1. The number of hydrogen-bond donors (Lipinski definition) is 1. The second-order valence-electron chi connectivity index (χ2n) is 9.41. The van der Waals surface area contributed by atoms with Crippen LogP contribution in [0.2, 0.25) is 0 Å². The highest BCUT2D eigenvalue weighted by Gasteiger charge is 2.25. The molecule has 2 fully saturated rings. The fraction of sp³-hybridized carbons (Fsp3) is 0.538. The number of thiophene rings is 1. The second-order valence-corrected chi connectivity index (χ2v) is 10.3. The van der Waals surface area contributed by atoms with Crippen LogP contribution < -0.4 is 5.32 Å². The molecule has 182 valence electrons. The molecule has 1 atom stereocenters. The van der Waals surface area contributed by atoms with Gasteiger partial charge in [-0.25, -0.2) is 9.97 Å². The van der Waals surface area contributed by atoms with Gasteiger partial charge in [0.15, 0.2) is 0 Å². The number of ether oxygens (including phenoxy) is 2. The molecule has 0 saturated carbocycles. The van der Waals surface area contributed by atoms with Gasteiger partial charge in [0.1, 0.15) is 16.5 Å². The number of benzene rings is 1. The molecule has 2 aliphatic rings. The minimum atomic E-state index is 0.426. The predicted molar refractivity (Wildman–Crippen MR) is 138 cm³/mol. The van der Waals surface area contributed by atoms with Crippen molar-refractivity contribution in [3.63, 3.8) is 0 Å². The third kappa shape index (κ3) is 5.42. The highest BCUT2D eigenvalue weighted by Crippen LogP contribution is 2.37. The molecule has 3 aromatic rings. The lowest BCUT2D eigenvalue weighted by molar-refractivity contribution is 0.00953. The van der Waals surface area contributed by atoms with E-state index in [0.29, 0.717) is 12.0 Å². The topological polar surface area (TPSA) is 62.8 Å². The van der Waals surface area contributed by atoms with Crippen LogP contribution >= 0.6 is 11.3 Å². The fourth-order valence-corrected chi connectivity index (χ4v) is 5.84. The van der Waals surface area contributed by atoms with Gasteiger partial charge < -0.3 is 14.8 Å². The molecule has 0 amide bonds. The fourth-order valence-electron chi connectivity index (χ4n) is 4.87. The van der Waals surface area contributed by atoms with E-state index >= 15 is 0 Å². The van der Waals surface area contributed by atoms with Crippen LogP contribution in [-0.4, -0.2) is 85.0 Å². The Kier molecular flexibility index (Phi) is 7.71. The lowest BCUT2D eigenvalue weighted by atomic mass is 10.0. The van der Waals surface area contributed by atoms with Crippen LogP contribution in [0.15, 0.2) is 35.7 Å². The van der Waals surface area contributed by atoms with Gasteiger partial charge in [-0.1, -0.05) is 44.2 Å². The van der Waals surface area contributed by atoms with Crippen molar-refractivity contribution >= 4 is 27.4 Å². The van der Waals surface area contributed by atoms with Crippen LogP contribution in [0, 0.1) is 5.92 Å². The Hall–Kier alpha value is -2.10. The van der Waals surface area contributed by atoms with Crippen molar-refractivity contribution in [2.45, 2.75) is 26.4 Å². The van der Waals surface area contributed by atoms with Crippen molar-refractivity contribution in [3.05, 3.63) is 41.5 Å². The normalized spacial score (nSPS) is 19.0. The summed E-state index contributed by atoms with van der Waals surface area (Å²) < 4.78 is 11.1. The summed E-state index contributed by atoms with van der Waals surface area (Å²) in [7, 11) is 0. The monoisotopic (exact) mass is 481 g/mol. The molecule has 7 nitrogen and oxygen atoms in total. The van der Waals surface area contributed by atoms with Gasteiger partial charge in [-0.15, -0.1) is 11.3 Å². The van der Waals surface area contributed by atoms with Crippen molar-refractivity contribution in [2.75, 3.05) is 64.5 Å². The molecule has 1 N–H and O–H groups in total. The van der Waals surface area contributed by atoms with E-state index in [2.05, 4.69) is 64.7 Å². The maximum Gasteiger partial charge on any atom is 0.146 e. The number of hydrogen-bond acceptors (Lipinski definition) is 8. The predicted octanol–water partition coefficient (Wildman–Crippen LogP) is 3.96. The maximum absolute atomic E-state index is 5.60. The molecule has 2 aliphatic heterocycles. The van der Waals surface area contributed by atoms with Crippen molar-refractivity contribution in [1.82, 2.24) is 19.8 Å². The van der Waals surface area contributed by atoms with E-state index in [0.717, 1.165) is 87.6 Å². The van der Waals surface area contributed by atoms with Crippen LogP contribution in [0.4, 0.5) is 5.82 Å². The van der Waals surface area contributed by atoms with E-state index in [-0.39, 0.29) is 0 Å². The van der Waals surface area contributed by atoms with Gasteiger partial charge in [0, 0.05) is 49.7 Å². The molecule has 0 spiro atoms. The zero-order chi connectivity index (χ0) is 23.3. The Bertz CT molecular complexity index is 1060. The molecule has 2 saturated heterocycles. The summed E-state index contributed by atoms with van der Waals surface area (Å²) in [4.78, 5) is 16.1. The molecular weight excluding hydrogens is 446 g/mol. The Morgan fingerprint density at radius 3 is 2.38 bits per heavy atom. The lowest BCUT2D eigenvalue weighted by Crippen LogP contribution is -2.49. The molecule has 5 rings (SSSR count). The number of nitrogens with one attached hydrogen (secondary N) is 1. The second kappa shape index (κ2) is 11.1. The molecule has 2 aromatic heterocycles. The van der Waals surface area contributed by atoms with E-state index in [1.165, 1.54) is 11.1 Å². The van der Waals surface area contributed by atoms with E-state index in [1.54, 1.807) is 11.3 Å².